The second-order valence-corrected chi connectivity index (χ2v) is 6.35. The van der Waals surface area contributed by atoms with Crippen molar-refractivity contribution in [1.29, 1.82) is 0 Å². The summed E-state index contributed by atoms with van der Waals surface area (Å²) >= 11 is 0. The molecule has 0 rings (SSSR count). The normalized spacial score (nSPS) is 20.2. The van der Waals surface area contributed by atoms with Crippen LogP contribution in [0, 0.1) is 0 Å². The Morgan fingerprint density at radius 2 is 0.690 bits per heavy atom. The van der Waals surface area contributed by atoms with Crippen molar-refractivity contribution in [2.24, 2.45) is 0 Å². The minimum absolute atomic E-state index is 8.32. The van der Waals surface area contributed by atoms with Gasteiger partial charge in [0.2, 0.25) is 0 Å². The fraction of sp³-hybridized carbons (Fsp3) is 1.00. The number of hydrogen-bond donors (Lipinski definition) is 0. The molecule has 21 heteroatoms. The Morgan fingerprint density at radius 3 is 0.862 bits per heavy atom. The van der Waals surface area contributed by atoms with Crippen LogP contribution in [0.4, 0.5) is 74.6 Å². The standard InChI is InChI=1S/C8HF17O3S/c9-1(5(15,16)17,3(11,12)6(18,19)20)2(10,4(13,14)7(21,22)23)8(24,25)29(26,27)28/h(H,26,27,28)/p-1. The molecule has 0 amide bonds. The molecule has 0 spiro atoms. The van der Waals surface area contributed by atoms with E-state index in [0.717, 1.165) is 0 Å². The smallest absolute Gasteiger partial charge is 0.457 e. The van der Waals surface area contributed by atoms with Crippen molar-refractivity contribution in [3.63, 3.8) is 0 Å². The molecule has 0 aliphatic rings. The second kappa shape index (κ2) is 6.36. The lowest BCUT2D eigenvalue weighted by molar-refractivity contribution is -0.461. The van der Waals surface area contributed by atoms with Crippen LogP contribution in [0.25, 0.3) is 0 Å². The molecule has 2 unspecified atom stereocenters. The molecule has 29 heavy (non-hydrogen) atoms. The highest BCUT2D eigenvalue weighted by atomic mass is 32.2. The van der Waals surface area contributed by atoms with Gasteiger partial charge in [-0.3, -0.25) is 0 Å². The van der Waals surface area contributed by atoms with Crippen molar-refractivity contribution in [1.82, 2.24) is 0 Å². The Bertz CT molecular complexity index is 729. The van der Waals surface area contributed by atoms with Gasteiger partial charge in [0.15, 0.2) is 10.1 Å². The van der Waals surface area contributed by atoms with E-state index in [9.17, 15) is 87.6 Å². The number of hydrogen-bond acceptors (Lipinski definition) is 3. The van der Waals surface area contributed by atoms with E-state index < -0.39 is 57.1 Å². The zero-order valence-corrected chi connectivity index (χ0v) is 12.9. The van der Waals surface area contributed by atoms with Crippen LogP contribution >= 0.6 is 0 Å². The first-order chi connectivity index (χ1) is 12.0. The minimum atomic E-state index is -9.41. The average Bonchev–Trinajstić information content (AvgIpc) is 2.39. The van der Waals surface area contributed by atoms with Crippen molar-refractivity contribution < 1.29 is 87.6 Å². The highest BCUT2D eigenvalue weighted by Gasteiger charge is 3.01. The van der Waals surface area contributed by atoms with E-state index in [1.165, 1.54) is 0 Å². The SMILES string of the molecule is O=S(=O)([O-])C(F)(F)C(F)(C(F)(F)C(F)(F)F)C(F)(C(F)(F)F)C(F)(F)C(F)(F)F. The minimum Gasteiger partial charge on any atom is -0.743 e. The first kappa shape index (κ1) is 27.7. The van der Waals surface area contributed by atoms with Crippen LogP contribution in [-0.2, 0) is 10.1 Å². The molecule has 0 fully saturated rings. The van der Waals surface area contributed by atoms with Crippen LogP contribution in [0.2, 0.25) is 0 Å². The third-order valence-electron chi connectivity index (χ3n) is 3.16. The van der Waals surface area contributed by atoms with Crippen LogP contribution in [0.5, 0.6) is 0 Å². The van der Waals surface area contributed by atoms with Crippen molar-refractivity contribution in [3.8, 4) is 0 Å². The van der Waals surface area contributed by atoms with E-state index >= 15 is 0 Å². The Hall–Kier alpha value is -1.28. The third kappa shape index (κ3) is 3.26. The molecule has 0 radical (unpaired) electrons. The summed E-state index contributed by atoms with van der Waals surface area (Å²) in [6.07, 6.45) is -25.4. The van der Waals surface area contributed by atoms with Gasteiger partial charge in [-0.1, -0.05) is 0 Å². The van der Waals surface area contributed by atoms with Crippen molar-refractivity contribution >= 4 is 10.1 Å². The lowest BCUT2D eigenvalue weighted by Gasteiger charge is -2.49. The molecule has 0 bridgehead atoms. The molecule has 2 atom stereocenters. The van der Waals surface area contributed by atoms with Gasteiger partial charge in [0.1, 0.15) is 0 Å². The molecule has 0 aliphatic heterocycles. The van der Waals surface area contributed by atoms with Gasteiger partial charge in [-0.05, 0) is 0 Å². The lowest BCUT2D eigenvalue weighted by atomic mass is 9.75. The molecule has 176 valence electrons. The van der Waals surface area contributed by atoms with Crippen LogP contribution in [0.15, 0.2) is 0 Å². The molecular weight excluding hydrogens is 499 g/mol. The predicted octanol–water partition coefficient (Wildman–Crippen LogP) is 4.50. The first-order valence-corrected chi connectivity index (χ1v) is 7.08. The first-order valence-electron chi connectivity index (χ1n) is 5.67. The van der Waals surface area contributed by atoms with Gasteiger partial charge < -0.3 is 4.55 Å². The Labute approximate surface area is 146 Å². The van der Waals surface area contributed by atoms with Gasteiger partial charge in [0.25, 0.3) is 0 Å². The molecule has 0 saturated heterocycles. The van der Waals surface area contributed by atoms with Gasteiger partial charge in [-0.2, -0.15) is 65.9 Å². The zero-order chi connectivity index (χ0) is 24.5. The maximum atomic E-state index is 14.0. The van der Waals surface area contributed by atoms with E-state index in [1.54, 1.807) is 0 Å². The fourth-order valence-corrected chi connectivity index (χ4v) is 2.37. The maximum absolute atomic E-state index is 14.0. The highest BCUT2D eigenvalue weighted by Crippen LogP contribution is 2.68. The van der Waals surface area contributed by atoms with Gasteiger partial charge in [0.05, 0.1) is 0 Å². The van der Waals surface area contributed by atoms with Crippen LogP contribution in [-0.4, -0.2) is 59.9 Å². The second-order valence-electron chi connectivity index (χ2n) is 4.93. The van der Waals surface area contributed by atoms with Gasteiger partial charge in [0, 0.05) is 0 Å². The van der Waals surface area contributed by atoms with Gasteiger partial charge in [-0.15, -0.1) is 0 Å². The Balaban J connectivity index is 8.06. The average molecular weight is 499 g/mol. The van der Waals surface area contributed by atoms with Crippen molar-refractivity contribution in [2.75, 3.05) is 0 Å². The molecule has 0 saturated carbocycles. The monoisotopic (exact) mass is 499 g/mol. The van der Waals surface area contributed by atoms with Crippen molar-refractivity contribution in [3.05, 3.63) is 0 Å². The van der Waals surface area contributed by atoms with Gasteiger partial charge >= 0.3 is 47.0 Å². The van der Waals surface area contributed by atoms with E-state index in [4.69, 9.17) is 0 Å². The molecule has 0 aromatic carbocycles. The summed E-state index contributed by atoms with van der Waals surface area (Å²) in [6.45, 7) is 0. The fourth-order valence-electron chi connectivity index (χ4n) is 1.75. The van der Waals surface area contributed by atoms with E-state index in [0.29, 0.717) is 0 Å². The van der Waals surface area contributed by atoms with E-state index in [2.05, 4.69) is 0 Å². The Morgan fingerprint density at radius 1 is 0.448 bits per heavy atom. The van der Waals surface area contributed by atoms with Crippen LogP contribution in [0.1, 0.15) is 0 Å². The predicted molar refractivity (Wildman–Crippen MR) is 50.4 cm³/mol. The summed E-state index contributed by atoms with van der Waals surface area (Å²) in [6, 6.07) is 0. The van der Waals surface area contributed by atoms with Crippen molar-refractivity contribution in [2.45, 2.75) is 47.0 Å². The lowest BCUT2D eigenvalue weighted by Crippen LogP contribution is -2.83. The number of halogens is 17. The molecule has 3 nitrogen and oxygen atoms in total. The zero-order valence-electron chi connectivity index (χ0n) is 12.1. The van der Waals surface area contributed by atoms with E-state index in [1.807, 2.05) is 0 Å². The summed E-state index contributed by atoms with van der Waals surface area (Å²) in [5.41, 5.74) is -18.8. The molecule has 0 aliphatic carbocycles. The van der Waals surface area contributed by atoms with Crippen LogP contribution < -0.4 is 0 Å². The largest absolute Gasteiger partial charge is 0.743 e. The number of rotatable bonds is 5. The molecule has 0 aromatic heterocycles. The summed E-state index contributed by atoms with van der Waals surface area (Å²) in [5.74, 6) is -17.9. The summed E-state index contributed by atoms with van der Waals surface area (Å²) in [4.78, 5) is 0. The topological polar surface area (TPSA) is 57.2 Å². The summed E-state index contributed by atoms with van der Waals surface area (Å²) in [7, 11) is -8.73. The third-order valence-corrected chi connectivity index (χ3v) is 4.07. The maximum Gasteiger partial charge on any atom is 0.457 e. The Kier molecular flexibility index (Phi) is 6.08. The molecule has 0 N–H and O–H groups in total. The number of alkyl halides is 17. The summed E-state index contributed by atoms with van der Waals surface area (Å²) < 4.78 is 247. The molecule has 0 heterocycles. The highest BCUT2D eigenvalue weighted by molar-refractivity contribution is 7.86. The molecule has 0 aromatic rings. The van der Waals surface area contributed by atoms with E-state index in [-0.39, 0.29) is 0 Å². The van der Waals surface area contributed by atoms with Gasteiger partial charge in [-0.25, -0.2) is 17.2 Å². The quantitative estimate of drug-likeness (QED) is 0.414. The summed E-state index contributed by atoms with van der Waals surface area (Å²) in [5, 5.41) is -8.70. The molecular formula is C8F17O3S-. The van der Waals surface area contributed by atoms with Crippen LogP contribution in [0.3, 0.4) is 0 Å².